The predicted molar refractivity (Wildman–Crippen MR) is 51.4 cm³/mol. The van der Waals surface area contributed by atoms with Crippen molar-refractivity contribution in [3.05, 3.63) is 32.9 Å². The fourth-order valence-electron chi connectivity index (χ4n) is 0.818. The van der Waals surface area contributed by atoms with Crippen molar-refractivity contribution in [2.75, 3.05) is 0 Å². The van der Waals surface area contributed by atoms with E-state index in [1.807, 2.05) is 19.1 Å². The number of hydrogen-bond acceptors (Lipinski definition) is 3. The molecule has 0 atom stereocenters. The zero-order valence-corrected chi connectivity index (χ0v) is 8.56. The van der Waals surface area contributed by atoms with E-state index in [-0.39, 0.29) is 5.82 Å². The van der Waals surface area contributed by atoms with Crippen molar-refractivity contribution in [1.82, 2.24) is 9.78 Å². The van der Waals surface area contributed by atoms with E-state index < -0.39 is 4.92 Å². The van der Waals surface area contributed by atoms with Gasteiger partial charge in [-0.15, -0.1) is 0 Å². The molecule has 70 valence electrons. The number of rotatable bonds is 3. The number of nitrogens with zero attached hydrogens (tertiary/aromatic N) is 3. The molecule has 0 radical (unpaired) electrons. The minimum Gasteiger partial charge on any atom is -0.358 e. The Bertz CT molecular complexity index is 346. The summed E-state index contributed by atoms with van der Waals surface area (Å²) in [4.78, 5) is 9.87. The molecule has 0 bridgehead atoms. The minimum atomic E-state index is -0.518. The molecule has 0 amide bonds. The average molecular weight is 246 g/mol. The summed E-state index contributed by atoms with van der Waals surface area (Å²) in [6.07, 6.45) is 5.31. The van der Waals surface area contributed by atoms with E-state index in [9.17, 15) is 10.1 Å². The maximum Gasteiger partial charge on any atom is 0.404 e. The predicted octanol–water partition coefficient (Wildman–Crippen LogP) is 2.13. The summed E-state index contributed by atoms with van der Waals surface area (Å²) in [7, 11) is 0. The van der Waals surface area contributed by atoms with Crippen LogP contribution in [0.2, 0.25) is 0 Å². The van der Waals surface area contributed by atoms with Crippen LogP contribution in [-0.4, -0.2) is 14.7 Å². The molecule has 0 aliphatic rings. The van der Waals surface area contributed by atoms with E-state index in [1.54, 1.807) is 6.20 Å². The topological polar surface area (TPSA) is 61.0 Å². The molecule has 1 heterocycles. The number of allylic oxidation sites excluding steroid dienone is 2. The first-order valence-electron chi connectivity index (χ1n) is 3.63. The van der Waals surface area contributed by atoms with Crippen molar-refractivity contribution >= 4 is 21.7 Å². The zero-order valence-electron chi connectivity index (χ0n) is 6.98. The van der Waals surface area contributed by atoms with Crippen LogP contribution < -0.4 is 0 Å². The number of aromatic nitrogens is 2. The lowest BCUT2D eigenvalue weighted by atomic mass is 10.5. The molecule has 0 spiro atoms. The standard InChI is InChI=1S/C7H8BrN3O2/c1-2-3-4-10-5-6(8)7(9-10)11(12)13/h2-3,5H,4H2,1H3. The summed E-state index contributed by atoms with van der Waals surface area (Å²) >= 11 is 3.06. The van der Waals surface area contributed by atoms with Gasteiger partial charge >= 0.3 is 5.82 Å². The maximum absolute atomic E-state index is 10.4. The van der Waals surface area contributed by atoms with Crippen LogP contribution in [0, 0.1) is 10.1 Å². The van der Waals surface area contributed by atoms with E-state index in [0.29, 0.717) is 11.0 Å². The summed E-state index contributed by atoms with van der Waals surface area (Å²) in [6, 6.07) is 0. The minimum absolute atomic E-state index is 0.149. The van der Waals surface area contributed by atoms with Crippen molar-refractivity contribution in [3.8, 4) is 0 Å². The van der Waals surface area contributed by atoms with Gasteiger partial charge in [0.1, 0.15) is 4.47 Å². The Balaban J connectivity index is 2.88. The molecule has 0 N–H and O–H groups in total. The molecule has 6 heteroatoms. The molecule has 1 aromatic rings. The Morgan fingerprint density at radius 2 is 2.54 bits per heavy atom. The van der Waals surface area contributed by atoms with Gasteiger partial charge in [-0.25, -0.2) is 0 Å². The highest BCUT2D eigenvalue weighted by molar-refractivity contribution is 9.10. The molecule has 1 aromatic heterocycles. The van der Waals surface area contributed by atoms with Crippen LogP contribution in [0.5, 0.6) is 0 Å². The monoisotopic (exact) mass is 245 g/mol. The van der Waals surface area contributed by atoms with E-state index in [0.717, 1.165) is 0 Å². The smallest absolute Gasteiger partial charge is 0.358 e. The summed E-state index contributed by atoms with van der Waals surface area (Å²) < 4.78 is 1.91. The average Bonchev–Trinajstić information content (AvgIpc) is 2.43. The fraction of sp³-hybridized carbons (Fsp3) is 0.286. The van der Waals surface area contributed by atoms with Gasteiger partial charge in [0.05, 0.1) is 17.8 Å². The van der Waals surface area contributed by atoms with Crippen LogP contribution in [0.4, 0.5) is 5.82 Å². The van der Waals surface area contributed by atoms with Crippen molar-refractivity contribution in [3.63, 3.8) is 0 Å². The van der Waals surface area contributed by atoms with Crippen molar-refractivity contribution in [1.29, 1.82) is 0 Å². The molecular formula is C7H8BrN3O2. The van der Waals surface area contributed by atoms with E-state index in [1.165, 1.54) is 4.68 Å². The number of halogens is 1. The van der Waals surface area contributed by atoms with E-state index in [4.69, 9.17) is 0 Å². The molecular weight excluding hydrogens is 238 g/mol. The number of nitro groups is 1. The Labute approximate surface area is 83.3 Å². The third-order valence-electron chi connectivity index (χ3n) is 1.40. The molecule has 0 saturated heterocycles. The third-order valence-corrected chi connectivity index (χ3v) is 1.96. The lowest BCUT2D eigenvalue weighted by Gasteiger charge is -1.86. The summed E-state index contributed by atoms with van der Waals surface area (Å²) in [5.74, 6) is -0.149. The van der Waals surface area contributed by atoms with Gasteiger partial charge in [0.25, 0.3) is 0 Å². The van der Waals surface area contributed by atoms with Crippen molar-refractivity contribution < 1.29 is 4.92 Å². The summed E-state index contributed by atoms with van der Waals surface area (Å²) in [5.41, 5.74) is 0. The summed E-state index contributed by atoms with van der Waals surface area (Å²) in [5, 5.41) is 14.2. The SMILES string of the molecule is CC=CCn1cc(Br)c([N+](=O)[O-])n1. The Morgan fingerprint density at radius 1 is 1.85 bits per heavy atom. The summed E-state index contributed by atoms with van der Waals surface area (Å²) in [6.45, 7) is 2.43. The van der Waals surface area contributed by atoms with Gasteiger partial charge in [-0.05, 0) is 27.8 Å². The second-order valence-corrected chi connectivity index (χ2v) is 3.20. The molecule has 0 fully saturated rings. The lowest BCUT2D eigenvalue weighted by molar-refractivity contribution is -0.390. The van der Waals surface area contributed by atoms with Crippen molar-refractivity contribution in [2.45, 2.75) is 13.5 Å². The van der Waals surface area contributed by atoms with Crippen LogP contribution in [0.1, 0.15) is 6.92 Å². The highest BCUT2D eigenvalue weighted by atomic mass is 79.9. The van der Waals surface area contributed by atoms with Gasteiger partial charge in [0, 0.05) is 0 Å². The van der Waals surface area contributed by atoms with Crippen molar-refractivity contribution in [2.24, 2.45) is 0 Å². The highest BCUT2D eigenvalue weighted by Crippen LogP contribution is 2.21. The van der Waals surface area contributed by atoms with Gasteiger partial charge < -0.3 is 10.1 Å². The van der Waals surface area contributed by atoms with Gasteiger partial charge in [0.15, 0.2) is 0 Å². The largest absolute Gasteiger partial charge is 0.404 e. The molecule has 0 aliphatic carbocycles. The molecule has 0 aromatic carbocycles. The first-order chi connectivity index (χ1) is 6.15. The quantitative estimate of drug-likeness (QED) is 0.466. The van der Waals surface area contributed by atoms with Crippen LogP contribution in [0.3, 0.4) is 0 Å². The second-order valence-electron chi connectivity index (χ2n) is 2.35. The Morgan fingerprint density at radius 3 is 3.00 bits per heavy atom. The Kier molecular flexibility index (Phi) is 3.18. The van der Waals surface area contributed by atoms with E-state index >= 15 is 0 Å². The van der Waals surface area contributed by atoms with Gasteiger partial charge in [-0.3, -0.25) is 0 Å². The van der Waals surface area contributed by atoms with Gasteiger partial charge in [0.2, 0.25) is 0 Å². The van der Waals surface area contributed by atoms with E-state index in [2.05, 4.69) is 21.0 Å². The van der Waals surface area contributed by atoms with Crippen LogP contribution in [0.25, 0.3) is 0 Å². The van der Waals surface area contributed by atoms with Crippen LogP contribution >= 0.6 is 15.9 Å². The fourth-order valence-corrected chi connectivity index (χ4v) is 1.28. The zero-order chi connectivity index (χ0) is 9.84. The second kappa shape index (κ2) is 4.18. The van der Waals surface area contributed by atoms with Gasteiger partial charge in [-0.2, -0.15) is 4.68 Å². The molecule has 0 aliphatic heterocycles. The van der Waals surface area contributed by atoms with Crippen LogP contribution in [0.15, 0.2) is 22.8 Å². The molecule has 1 rings (SSSR count). The molecule has 0 unspecified atom stereocenters. The number of hydrogen-bond donors (Lipinski definition) is 0. The molecule has 5 nitrogen and oxygen atoms in total. The third kappa shape index (κ3) is 2.38. The normalized spacial score (nSPS) is 10.9. The Hall–Kier alpha value is -1.17. The first kappa shape index (κ1) is 9.91. The maximum atomic E-state index is 10.4. The molecule has 13 heavy (non-hydrogen) atoms. The lowest BCUT2D eigenvalue weighted by Crippen LogP contribution is -1.97. The first-order valence-corrected chi connectivity index (χ1v) is 4.43. The highest BCUT2D eigenvalue weighted by Gasteiger charge is 2.17. The van der Waals surface area contributed by atoms with Gasteiger partial charge in [-0.1, -0.05) is 12.2 Å². The molecule has 0 saturated carbocycles. The van der Waals surface area contributed by atoms with Crippen LogP contribution in [-0.2, 0) is 6.54 Å².